The van der Waals surface area contributed by atoms with E-state index in [2.05, 4.69) is 38.1 Å². The molecule has 0 bridgehead atoms. The molecule has 2 atom stereocenters. The first-order valence-corrected chi connectivity index (χ1v) is 10.8. The maximum absolute atomic E-state index is 5.72. The van der Waals surface area contributed by atoms with E-state index < -0.39 is 0 Å². The van der Waals surface area contributed by atoms with Gasteiger partial charge >= 0.3 is 0 Å². The van der Waals surface area contributed by atoms with E-state index in [4.69, 9.17) is 18.9 Å². The molecule has 168 valence electrons. The third kappa shape index (κ3) is 7.66. The SMILES string of the molecule is C.CC.CC.CC(C)(c1ccc(OCC2CO2)cc1)c1ccc(OCC2CO2)cc1. The second kappa shape index (κ2) is 12.6. The molecule has 0 radical (unpaired) electrons. The zero-order valence-corrected chi connectivity index (χ0v) is 18.7. The van der Waals surface area contributed by atoms with E-state index in [-0.39, 0.29) is 25.0 Å². The van der Waals surface area contributed by atoms with Gasteiger partial charge in [-0.05, 0) is 35.4 Å². The second-order valence-electron chi connectivity index (χ2n) is 7.21. The highest BCUT2D eigenvalue weighted by molar-refractivity contribution is 5.41. The average Bonchev–Trinajstić information content (AvgIpc) is 3.69. The predicted molar refractivity (Wildman–Crippen MR) is 125 cm³/mol. The molecule has 0 saturated carbocycles. The maximum Gasteiger partial charge on any atom is 0.119 e. The largest absolute Gasteiger partial charge is 0.491 e. The van der Waals surface area contributed by atoms with Gasteiger partial charge in [0, 0.05) is 5.41 Å². The van der Waals surface area contributed by atoms with Crippen LogP contribution in [0.5, 0.6) is 11.5 Å². The summed E-state index contributed by atoms with van der Waals surface area (Å²) in [4.78, 5) is 0. The van der Waals surface area contributed by atoms with Gasteiger partial charge < -0.3 is 18.9 Å². The van der Waals surface area contributed by atoms with Crippen molar-refractivity contribution >= 4 is 0 Å². The minimum atomic E-state index is -0.0870. The quantitative estimate of drug-likeness (QED) is 0.477. The molecule has 2 fully saturated rings. The van der Waals surface area contributed by atoms with E-state index in [1.165, 1.54) is 11.1 Å². The van der Waals surface area contributed by atoms with E-state index in [0.29, 0.717) is 13.2 Å². The Labute approximate surface area is 183 Å². The molecule has 2 saturated heterocycles. The molecular weight excluding hydrogens is 376 g/mol. The van der Waals surface area contributed by atoms with Crippen LogP contribution in [0.4, 0.5) is 0 Å². The molecule has 0 N–H and O–H groups in total. The maximum atomic E-state index is 5.72. The van der Waals surface area contributed by atoms with Gasteiger partial charge in [-0.25, -0.2) is 0 Å². The molecule has 4 rings (SSSR count). The summed E-state index contributed by atoms with van der Waals surface area (Å²) < 4.78 is 21.8. The van der Waals surface area contributed by atoms with Crippen molar-refractivity contribution in [2.45, 2.75) is 66.6 Å². The first-order valence-electron chi connectivity index (χ1n) is 10.8. The van der Waals surface area contributed by atoms with Gasteiger partial charge in [-0.3, -0.25) is 0 Å². The lowest BCUT2D eigenvalue weighted by Crippen LogP contribution is -2.18. The van der Waals surface area contributed by atoms with Crippen molar-refractivity contribution in [1.29, 1.82) is 0 Å². The Balaban J connectivity index is 0.000000851. The van der Waals surface area contributed by atoms with Crippen molar-refractivity contribution in [1.82, 2.24) is 0 Å². The number of epoxide rings is 2. The Morgan fingerprint density at radius 3 is 1.27 bits per heavy atom. The molecule has 2 aliphatic rings. The van der Waals surface area contributed by atoms with Crippen molar-refractivity contribution in [2.24, 2.45) is 0 Å². The van der Waals surface area contributed by atoms with Gasteiger partial charge in [-0.2, -0.15) is 0 Å². The number of ether oxygens (including phenoxy) is 4. The zero-order chi connectivity index (χ0) is 21.3. The van der Waals surface area contributed by atoms with Crippen molar-refractivity contribution in [3.8, 4) is 11.5 Å². The first kappa shape index (κ1) is 26.0. The molecule has 2 heterocycles. The lowest BCUT2D eigenvalue weighted by Gasteiger charge is -2.26. The fourth-order valence-electron chi connectivity index (χ4n) is 2.81. The Morgan fingerprint density at radius 2 is 1.00 bits per heavy atom. The molecule has 0 aliphatic carbocycles. The molecule has 0 aromatic heterocycles. The van der Waals surface area contributed by atoms with E-state index >= 15 is 0 Å². The molecule has 30 heavy (non-hydrogen) atoms. The minimum Gasteiger partial charge on any atom is -0.491 e. The minimum absolute atomic E-state index is 0. The van der Waals surface area contributed by atoms with Gasteiger partial charge in [0.1, 0.15) is 36.9 Å². The van der Waals surface area contributed by atoms with Crippen LogP contribution in [-0.2, 0) is 14.9 Å². The Bertz CT molecular complexity index is 637. The molecule has 0 amide bonds. The van der Waals surface area contributed by atoms with Gasteiger partial charge in [-0.1, -0.05) is 73.2 Å². The molecule has 4 nitrogen and oxygen atoms in total. The van der Waals surface area contributed by atoms with Crippen molar-refractivity contribution < 1.29 is 18.9 Å². The summed E-state index contributed by atoms with van der Waals surface area (Å²) in [6.45, 7) is 15.4. The van der Waals surface area contributed by atoms with Crippen molar-refractivity contribution in [2.75, 3.05) is 26.4 Å². The van der Waals surface area contributed by atoms with Crippen LogP contribution in [0.2, 0.25) is 0 Å². The number of hydrogen-bond donors (Lipinski definition) is 0. The molecule has 2 aromatic rings. The second-order valence-corrected chi connectivity index (χ2v) is 7.21. The normalized spacial score (nSPS) is 18.5. The van der Waals surface area contributed by atoms with Crippen LogP contribution in [0.15, 0.2) is 48.5 Å². The predicted octanol–water partition coefficient (Wildman–Crippen LogP) is 6.26. The number of hydrogen-bond acceptors (Lipinski definition) is 4. The van der Waals surface area contributed by atoms with Crippen LogP contribution in [-0.4, -0.2) is 38.6 Å². The van der Waals surface area contributed by atoms with E-state index in [1.54, 1.807) is 0 Å². The van der Waals surface area contributed by atoms with Gasteiger partial charge in [0.25, 0.3) is 0 Å². The van der Waals surface area contributed by atoms with Gasteiger partial charge in [0.2, 0.25) is 0 Å². The highest BCUT2D eigenvalue weighted by atomic mass is 16.6. The topological polar surface area (TPSA) is 43.5 Å². The highest BCUT2D eigenvalue weighted by Gasteiger charge is 2.25. The summed E-state index contributed by atoms with van der Waals surface area (Å²) in [5.41, 5.74) is 2.42. The molecule has 2 unspecified atom stereocenters. The Kier molecular flexibility index (Phi) is 10.9. The lowest BCUT2D eigenvalue weighted by molar-refractivity contribution is 0.263. The summed E-state index contributed by atoms with van der Waals surface area (Å²) >= 11 is 0. The first-order chi connectivity index (χ1) is 14.1. The fourth-order valence-corrected chi connectivity index (χ4v) is 2.81. The van der Waals surface area contributed by atoms with E-state index in [0.717, 1.165) is 24.7 Å². The number of benzene rings is 2. The third-order valence-electron chi connectivity index (χ3n) is 4.83. The zero-order valence-electron chi connectivity index (χ0n) is 18.7. The molecular formula is C26H40O4. The van der Waals surface area contributed by atoms with Crippen LogP contribution in [0, 0.1) is 0 Å². The summed E-state index contributed by atoms with van der Waals surface area (Å²) in [7, 11) is 0. The summed E-state index contributed by atoms with van der Waals surface area (Å²) in [5, 5.41) is 0. The third-order valence-corrected chi connectivity index (χ3v) is 4.83. The summed E-state index contributed by atoms with van der Waals surface area (Å²) in [5.74, 6) is 1.78. The lowest BCUT2D eigenvalue weighted by atomic mass is 9.78. The van der Waals surface area contributed by atoms with Crippen LogP contribution < -0.4 is 9.47 Å². The highest BCUT2D eigenvalue weighted by Crippen LogP contribution is 2.33. The number of rotatable bonds is 8. The Morgan fingerprint density at radius 1 is 0.700 bits per heavy atom. The monoisotopic (exact) mass is 416 g/mol. The van der Waals surface area contributed by atoms with Gasteiger partial charge in [0.15, 0.2) is 0 Å². The van der Waals surface area contributed by atoms with Gasteiger partial charge in [0.05, 0.1) is 13.2 Å². The average molecular weight is 417 g/mol. The molecule has 2 aliphatic heterocycles. The van der Waals surface area contributed by atoms with Crippen LogP contribution in [0.3, 0.4) is 0 Å². The van der Waals surface area contributed by atoms with Gasteiger partial charge in [-0.15, -0.1) is 0 Å². The van der Waals surface area contributed by atoms with Crippen molar-refractivity contribution in [3.05, 3.63) is 59.7 Å². The molecule has 0 spiro atoms. The summed E-state index contributed by atoms with van der Waals surface area (Å²) in [6, 6.07) is 16.7. The molecule has 2 aromatic carbocycles. The van der Waals surface area contributed by atoms with Crippen LogP contribution in [0.1, 0.15) is 60.1 Å². The van der Waals surface area contributed by atoms with E-state index in [9.17, 15) is 0 Å². The van der Waals surface area contributed by atoms with E-state index in [1.807, 2.05) is 52.0 Å². The van der Waals surface area contributed by atoms with Crippen molar-refractivity contribution in [3.63, 3.8) is 0 Å². The smallest absolute Gasteiger partial charge is 0.119 e. The standard InChI is InChI=1S/C21H24O4.2C2H6.CH4/c1-21(2,15-3-7-17(8-4-15)22-11-19-13-24-19)16-5-9-18(10-6-16)23-12-20-14-25-20;2*1-2;/h3-10,19-20H,11-14H2,1-2H3;2*1-2H3;1H4. The Hall–Kier alpha value is -2.04. The fraction of sp³-hybridized carbons (Fsp3) is 0.538. The van der Waals surface area contributed by atoms with Crippen LogP contribution >= 0.6 is 0 Å². The van der Waals surface area contributed by atoms with Crippen LogP contribution in [0.25, 0.3) is 0 Å². The molecule has 4 heteroatoms. The summed E-state index contributed by atoms with van der Waals surface area (Å²) in [6.07, 6.45) is 0.562.